The smallest absolute Gasteiger partial charge is 0.137 e. The molecule has 0 spiro atoms. The van der Waals surface area contributed by atoms with Gasteiger partial charge in [-0.25, -0.2) is 9.37 Å². The molecule has 2 nitrogen and oxygen atoms in total. The Morgan fingerprint density at radius 1 is 1.42 bits per heavy atom. The third-order valence-electron chi connectivity index (χ3n) is 1.76. The van der Waals surface area contributed by atoms with Crippen molar-refractivity contribution in [3.8, 4) is 0 Å². The van der Waals surface area contributed by atoms with E-state index >= 15 is 0 Å². The number of nitrogens with one attached hydrogen (secondary N) is 1. The van der Waals surface area contributed by atoms with Gasteiger partial charge in [0.1, 0.15) is 12.0 Å². The molecular weight excluding hydrogens is 155 g/mol. The summed E-state index contributed by atoms with van der Waals surface area (Å²) in [6.07, 6.45) is 5.42. The molecule has 1 aromatic rings. The molecule has 1 atom stereocenters. The van der Waals surface area contributed by atoms with Crippen LogP contribution in [0.2, 0.25) is 0 Å². The highest BCUT2D eigenvalue weighted by atomic mass is 19.1. The minimum atomic E-state index is -0.993. The molecule has 0 radical (unpaired) electrons. The monoisotopic (exact) mass is 164 g/mol. The number of aromatic nitrogens is 2. The summed E-state index contributed by atoms with van der Waals surface area (Å²) in [5, 5.41) is 0. The summed E-state index contributed by atoms with van der Waals surface area (Å²) in [7, 11) is 0. The van der Waals surface area contributed by atoms with E-state index in [9.17, 15) is 4.39 Å². The SMILES string of the molecule is Cc1nc2c([nH]1)C=CC(F)C=C2. The van der Waals surface area contributed by atoms with E-state index in [-0.39, 0.29) is 0 Å². The number of hydrogen-bond donors (Lipinski definition) is 1. The van der Waals surface area contributed by atoms with Crippen LogP contribution < -0.4 is 0 Å². The quantitative estimate of drug-likeness (QED) is 0.625. The molecule has 0 saturated carbocycles. The van der Waals surface area contributed by atoms with Gasteiger partial charge in [-0.1, -0.05) is 0 Å². The lowest BCUT2D eigenvalue weighted by molar-refractivity contribution is 0.472. The van der Waals surface area contributed by atoms with Crippen molar-refractivity contribution < 1.29 is 4.39 Å². The molecule has 0 bridgehead atoms. The molecule has 1 heterocycles. The first-order chi connectivity index (χ1) is 5.75. The molecular formula is C9H9FN2. The van der Waals surface area contributed by atoms with Gasteiger partial charge < -0.3 is 4.98 Å². The highest BCUT2D eigenvalue weighted by molar-refractivity contribution is 5.63. The minimum absolute atomic E-state index is 0.809. The van der Waals surface area contributed by atoms with Crippen molar-refractivity contribution in [3.63, 3.8) is 0 Å². The Balaban J connectivity index is 2.49. The maximum Gasteiger partial charge on any atom is 0.137 e. The van der Waals surface area contributed by atoms with Crippen molar-refractivity contribution >= 4 is 12.2 Å². The van der Waals surface area contributed by atoms with Crippen molar-refractivity contribution in [2.24, 2.45) is 0 Å². The summed E-state index contributed by atoms with van der Waals surface area (Å²) < 4.78 is 12.8. The number of nitrogens with zero attached hydrogens (tertiary/aromatic N) is 1. The van der Waals surface area contributed by atoms with Gasteiger partial charge in [-0.3, -0.25) is 0 Å². The van der Waals surface area contributed by atoms with Crippen LogP contribution in [0.1, 0.15) is 17.2 Å². The number of hydrogen-bond acceptors (Lipinski definition) is 1. The van der Waals surface area contributed by atoms with Crippen molar-refractivity contribution in [3.05, 3.63) is 29.4 Å². The molecule has 12 heavy (non-hydrogen) atoms. The van der Waals surface area contributed by atoms with Crippen LogP contribution in [0.15, 0.2) is 12.2 Å². The lowest BCUT2D eigenvalue weighted by atomic mass is 10.3. The lowest BCUT2D eigenvalue weighted by Gasteiger charge is -1.87. The average molecular weight is 164 g/mol. The number of fused-ring (bicyclic) bond motifs is 1. The standard InChI is InChI=1S/C9H9FN2/c1-6-11-8-4-2-7(10)3-5-9(8)12-6/h2-5,7H,1H3,(H,11,12). The predicted octanol–water partition coefficient (Wildman–Crippen LogP) is 2.10. The van der Waals surface area contributed by atoms with Crippen LogP contribution >= 0.6 is 0 Å². The Morgan fingerprint density at radius 3 is 3.00 bits per heavy atom. The number of halogens is 1. The van der Waals surface area contributed by atoms with Gasteiger partial charge in [0.05, 0.1) is 11.4 Å². The van der Waals surface area contributed by atoms with E-state index in [1.807, 2.05) is 6.92 Å². The van der Waals surface area contributed by atoms with E-state index in [2.05, 4.69) is 9.97 Å². The average Bonchev–Trinajstić information content (AvgIpc) is 2.31. The van der Waals surface area contributed by atoms with Crippen LogP contribution in [0.3, 0.4) is 0 Å². The molecule has 62 valence electrons. The number of rotatable bonds is 0. The molecule has 0 aliphatic heterocycles. The van der Waals surface area contributed by atoms with Crippen molar-refractivity contribution in [2.45, 2.75) is 13.1 Å². The molecule has 1 unspecified atom stereocenters. The molecule has 0 saturated heterocycles. The highest BCUT2D eigenvalue weighted by Gasteiger charge is 2.06. The molecule has 1 aromatic heterocycles. The second-order valence-electron chi connectivity index (χ2n) is 2.78. The van der Waals surface area contributed by atoms with Gasteiger partial charge in [-0.2, -0.15) is 0 Å². The third kappa shape index (κ3) is 1.18. The first-order valence-electron chi connectivity index (χ1n) is 3.83. The van der Waals surface area contributed by atoms with E-state index in [0.717, 1.165) is 17.2 Å². The normalized spacial score (nSPS) is 16.2. The second kappa shape index (κ2) is 2.59. The summed E-state index contributed by atoms with van der Waals surface area (Å²) in [5.41, 5.74) is 1.69. The van der Waals surface area contributed by atoms with Gasteiger partial charge in [-0.15, -0.1) is 0 Å². The summed E-state index contributed by atoms with van der Waals surface area (Å²) in [4.78, 5) is 7.23. The molecule has 1 aliphatic carbocycles. The van der Waals surface area contributed by atoms with Crippen molar-refractivity contribution in [2.75, 3.05) is 0 Å². The Bertz CT molecular complexity index is 318. The third-order valence-corrected chi connectivity index (χ3v) is 1.76. The van der Waals surface area contributed by atoms with E-state index in [0.29, 0.717) is 0 Å². The predicted molar refractivity (Wildman–Crippen MR) is 46.3 cm³/mol. The van der Waals surface area contributed by atoms with E-state index in [1.165, 1.54) is 12.2 Å². The second-order valence-corrected chi connectivity index (χ2v) is 2.78. The van der Waals surface area contributed by atoms with Gasteiger partial charge in [-0.05, 0) is 31.2 Å². The largest absolute Gasteiger partial charge is 0.342 e. The summed E-state index contributed by atoms with van der Waals surface area (Å²) in [6, 6.07) is 0. The number of H-pyrrole nitrogens is 1. The topological polar surface area (TPSA) is 28.7 Å². The number of imidazole rings is 1. The van der Waals surface area contributed by atoms with Crippen molar-refractivity contribution in [1.29, 1.82) is 0 Å². The minimum Gasteiger partial charge on any atom is -0.342 e. The van der Waals surface area contributed by atoms with Crippen LogP contribution in [0.25, 0.3) is 12.2 Å². The Kier molecular flexibility index (Phi) is 1.57. The van der Waals surface area contributed by atoms with Gasteiger partial charge in [0.15, 0.2) is 0 Å². The lowest BCUT2D eigenvalue weighted by Crippen LogP contribution is -1.84. The molecule has 0 aromatic carbocycles. The van der Waals surface area contributed by atoms with Gasteiger partial charge in [0.2, 0.25) is 0 Å². The van der Waals surface area contributed by atoms with E-state index in [1.54, 1.807) is 12.2 Å². The summed E-state index contributed by atoms with van der Waals surface area (Å²) in [6.45, 7) is 1.88. The zero-order valence-electron chi connectivity index (χ0n) is 6.71. The molecule has 1 N–H and O–H groups in total. The van der Waals surface area contributed by atoms with Crippen molar-refractivity contribution in [1.82, 2.24) is 9.97 Å². The maximum atomic E-state index is 12.8. The molecule has 2 rings (SSSR count). The van der Waals surface area contributed by atoms with E-state index in [4.69, 9.17) is 0 Å². The number of alkyl halides is 1. The fraction of sp³-hybridized carbons (Fsp3) is 0.222. The maximum absolute atomic E-state index is 12.8. The number of allylic oxidation sites excluding steroid dienone is 2. The molecule has 3 heteroatoms. The summed E-state index contributed by atoms with van der Waals surface area (Å²) >= 11 is 0. The van der Waals surface area contributed by atoms with Crippen LogP contribution in [0.5, 0.6) is 0 Å². The zero-order chi connectivity index (χ0) is 8.55. The van der Waals surface area contributed by atoms with Crippen LogP contribution in [-0.2, 0) is 0 Å². The Hall–Kier alpha value is -1.38. The summed E-state index contributed by atoms with van der Waals surface area (Å²) in [5.74, 6) is 0.853. The Morgan fingerprint density at radius 2 is 2.17 bits per heavy atom. The first kappa shape index (κ1) is 7.28. The van der Waals surface area contributed by atoms with E-state index < -0.39 is 6.17 Å². The van der Waals surface area contributed by atoms with Crippen LogP contribution in [0, 0.1) is 6.92 Å². The fourth-order valence-corrected chi connectivity index (χ4v) is 1.22. The van der Waals surface area contributed by atoms with Gasteiger partial charge in [0, 0.05) is 0 Å². The van der Waals surface area contributed by atoms with Gasteiger partial charge >= 0.3 is 0 Å². The van der Waals surface area contributed by atoms with Crippen LogP contribution in [0.4, 0.5) is 4.39 Å². The Labute approximate surface area is 69.8 Å². The first-order valence-corrected chi connectivity index (χ1v) is 3.83. The van der Waals surface area contributed by atoms with Crippen LogP contribution in [-0.4, -0.2) is 16.1 Å². The number of aromatic amines is 1. The highest BCUT2D eigenvalue weighted by Crippen LogP contribution is 2.15. The number of aryl methyl sites for hydroxylation is 1. The zero-order valence-corrected chi connectivity index (χ0v) is 6.71. The molecule has 1 aliphatic rings. The molecule has 0 amide bonds. The fourth-order valence-electron chi connectivity index (χ4n) is 1.22. The molecule has 0 fully saturated rings. The van der Waals surface area contributed by atoms with Gasteiger partial charge in [0.25, 0.3) is 0 Å².